The Hall–Kier alpha value is -0.550. The molecule has 1 aromatic rings. The summed E-state index contributed by atoms with van der Waals surface area (Å²) >= 11 is 3.22. The highest BCUT2D eigenvalue weighted by atomic mass is 32.2. The Bertz CT molecular complexity index is 350. The number of hydrogen-bond acceptors (Lipinski definition) is 4. The fourth-order valence-corrected chi connectivity index (χ4v) is 3.59. The second-order valence-electron chi connectivity index (χ2n) is 3.41. The van der Waals surface area contributed by atoms with Gasteiger partial charge in [-0.1, -0.05) is 11.8 Å². The summed E-state index contributed by atoms with van der Waals surface area (Å²) in [4.78, 5) is 17.7. The van der Waals surface area contributed by atoms with Gasteiger partial charge in [0, 0.05) is 24.7 Å². The first kappa shape index (κ1) is 9.98. The standard InChI is InChI=1S/C9H12N2OS2/c1-6-5-13-9(10-6)14-7-3-4-11(2)8(7)12/h5,7H,3-4H2,1-2H3. The van der Waals surface area contributed by atoms with Gasteiger partial charge in [-0.05, 0) is 13.3 Å². The number of carbonyl (C=O) groups excluding carboxylic acids is 1. The summed E-state index contributed by atoms with van der Waals surface area (Å²) in [6.45, 7) is 2.85. The monoisotopic (exact) mass is 228 g/mol. The van der Waals surface area contributed by atoms with Crippen LogP contribution in [0.5, 0.6) is 0 Å². The molecule has 0 aromatic carbocycles. The molecule has 2 rings (SSSR count). The van der Waals surface area contributed by atoms with Gasteiger partial charge in [-0.15, -0.1) is 11.3 Å². The van der Waals surface area contributed by atoms with Gasteiger partial charge < -0.3 is 4.90 Å². The summed E-state index contributed by atoms with van der Waals surface area (Å²) in [5.41, 5.74) is 1.04. The smallest absolute Gasteiger partial charge is 0.235 e. The molecule has 3 nitrogen and oxygen atoms in total. The highest BCUT2D eigenvalue weighted by Gasteiger charge is 2.30. The first-order valence-corrected chi connectivity index (χ1v) is 6.26. The van der Waals surface area contributed by atoms with Crippen molar-refractivity contribution in [2.45, 2.75) is 22.9 Å². The molecule has 2 heterocycles. The molecule has 1 fully saturated rings. The predicted molar refractivity (Wildman–Crippen MR) is 58.8 cm³/mol. The molecule has 1 atom stereocenters. The Morgan fingerprint density at radius 3 is 3.00 bits per heavy atom. The molecule has 76 valence electrons. The van der Waals surface area contributed by atoms with Gasteiger partial charge in [-0.2, -0.15) is 0 Å². The van der Waals surface area contributed by atoms with Gasteiger partial charge >= 0.3 is 0 Å². The maximum absolute atomic E-state index is 11.6. The zero-order chi connectivity index (χ0) is 10.1. The molecule has 0 saturated carbocycles. The number of aromatic nitrogens is 1. The minimum absolute atomic E-state index is 0.0885. The second kappa shape index (κ2) is 3.90. The van der Waals surface area contributed by atoms with E-state index in [2.05, 4.69) is 4.98 Å². The van der Waals surface area contributed by atoms with Crippen molar-refractivity contribution in [3.63, 3.8) is 0 Å². The highest BCUT2D eigenvalue weighted by molar-refractivity contribution is 8.02. The molecular formula is C9H12N2OS2. The van der Waals surface area contributed by atoms with Crippen LogP contribution in [0.1, 0.15) is 12.1 Å². The van der Waals surface area contributed by atoms with Gasteiger partial charge in [-0.3, -0.25) is 4.79 Å². The van der Waals surface area contributed by atoms with Gasteiger partial charge in [0.15, 0.2) is 4.34 Å². The minimum atomic E-state index is 0.0885. The first-order valence-electron chi connectivity index (χ1n) is 4.50. The molecule has 1 unspecified atom stereocenters. The molecule has 1 aliphatic heterocycles. The number of thiazole rings is 1. The van der Waals surface area contributed by atoms with Gasteiger partial charge in [-0.25, -0.2) is 4.98 Å². The third kappa shape index (κ3) is 1.93. The van der Waals surface area contributed by atoms with E-state index in [4.69, 9.17) is 0 Å². The molecule has 1 saturated heterocycles. The van der Waals surface area contributed by atoms with Crippen LogP contribution in [-0.4, -0.2) is 34.6 Å². The van der Waals surface area contributed by atoms with Crippen LogP contribution in [0, 0.1) is 6.92 Å². The summed E-state index contributed by atoms with van der Waals surface area (Å²) in [5, 5.41) is 2.11. The zero-order valence-corrected chi connectivity index (χ0v) is 9.82. The van der Waals surface area contributed by atoms with Crippen molar-refractivity contribution in [2.24, 2.45) is 0 Å². The summed E-state index contributed by atoms with van der Waals surface area (Å²) in [6, 6.07) is 0. The van der Waals surface area contributed by atoms with Gasteiger partial charge in [0.2, 0.25) is 5.91 Å². The van der Waals surface area contributed by atoms with Crippen molar-refractivity contribution in [1.29, 1.82) is 0 Å². The molecule has 1 amide bonds. The number of thioether (sulfide) groups is 1. The van der Waals surface area contributed by atoms with E-state index in [-0.39, 0.29) is 11.2 Å². The van der Waals surface area contributed by atoms with Gasteiger partial charge in [0.1, 0.15) is 0 Å². The Morgan fingerprint density at radius 1 is 1.71 bits per heavy atom. The zero-order valence-electron chi connectivity index (χ0n) is 8.19. The van der Waals surface area contributed by atoms with Crippen LogP contribution < -0.4 is 0 Å². The van der Waals surface area contributed by atoms with E-state index in [0.29, 0.717) is 0 Å². The largest absolute Gasteiger partial charge is 0.345 e. The SMILES string of the molecule is Cc1csc(SC2CCN(C)C2=O)n1. The number of nitrogens with zero attached hydrogens (tertiary/aromatic N) is 2. The summed E-state index contributed by atoms with van der Waals surface area (Å²) in [7, 11) is 1.86. The molecule has 1 aromatic heterocycles. The van der Waals surface area contributed by atoms with Gasteiger partial charge in [0.05, 0.1) is 5.25 Å². The number of amides is 1. The molecule has 0 spiro atoms. The fourth-order valence-electron chi connectivity index (χ4n) is 1.41. The maximum atomic E-state index is 11.6. The summed E-state index contributed by atoms with van der Waals surface area (Å²) in [6.07, 6.45) is 0.943. The third-order valence-corrected chi connectivity index (χ3v) is 4.56. The average molecular weight is 228 g/mol. The topological polar surface area (TPSA) is 33.2 Å². The lowest BCUT2D eigenvalue weighted by atomic mass is 10.4. The molecule has 0 bridgehead atoms. The van der Waals surface area contributed by atoms with Crippen LogP contribution in [0.25, 0.3) is 0 Å². The fraction of sp³-hybridized carbons (Fsp3) is 0.556. The molecule has 0 aliphatic carbocycles. The Balaban J connectivity index is 2.02. The Morgan fingerprint density at radius 2 is 2.50 bits per heavy atom. The molecule has 1 aliphatic rings. The number of hydrogen-bond donors (Lipinski definition) is 0. The average Bonchev–Trinajstić information content (AvgIpc) is 2.67. The lowest BCUT2D eigenvalue weighted by Gasteiger charge is -2.07. The van der Waals surface area contributed by atoms with E-state index < -0.39 is 0 Å². The van der Waals surface area contributed by atoms with Crippen molar-refractivity contribution in [1.82, 2.24) is 9.88 Å². The van der Waals surface area contributed by atoms with Crippen LogP contribution in [0.4, 0.5) is 0 Å². The predicted octanol–water partition coefficient (Wildman–Crippen LogP) is 1.77. The Labute approximate surface area is 91.5 Å². The van der Waals surface area contributed by atoms with E-state index in [0.717, 1.165) is 23.0 Å². The van der Waals surface area contributed by atoms with E-state index >= 15 is 0 Å². The van der Waals surface area contributed by atoms with Crippen molar-refractivity contribution < 1.29 is 4.79 Å². The quantitative estimate of drug-likeness (QED) is 0.773. The normalized spacial score (nSPS) is 22.0. The van der Waals surface area contributed by atoms with Crippen molar-refractivity contribution in [3.8, 4) is 0 Å². The van der Waals surface area contributed by atoms with E-state index in [1.807, 2.05) is 19.4 Å². The maximum Gasteiger partial charge on any atom is 0.235 e. The molecular weight excluding hydrogens is 216 g/mol. The second-order valence-corrected chi connectivity index (χ2v) is 5.72. The first-order chi connectivity index (χ1) is 6.66. The number of rotatable bonds is 2. The lowest BCUT2D eigenvalue weighted by Crippen LogP contribution is -2.23. The number of carbonyl (C=O) groups is 1. The van der Waals surface area contributed by atoms with Crippen molar-refractivity contribution in [2.75, 3.05) is 13.6 Å². The minimum Gasteiger partial charge on any atom is -0.345 e. The van der Waals surface area contributed by atoms with E-state index in [1.54, 1.807) is 28.0 Å². The van der Waals surface area contributed by atoms with Crippen LogP contribution in [0.2, 0.25) is 0 Å². The highest BCUT2D eigenvalue weighted by Crippen LogP contribution is 2.31. The molecule has 14 heavy (non-hydrogen) atoms. The van der Waals surface area contributed by atoms with Crippen LogP contribution in [0.15, 0.2) is 9.72 Å². The van der Waals surface area contributed by atoms with Crippen molar-refractivity contribution in [3.05, 3.63) is 11.1 Å². The summed E-state index contributed by atoms with van der Waals surface area (Å²) in [5.74, 6) is 0.239. The molecule has 5 heteroatoms. The van der Waals surface area contributed by atoms with Crippen LogP contribution >= 0.6 is 23.1 Å². The van der Waals surface area contributed by atoms with Crippen LogP contribution in [-0.2, 0) is 4.79 Å². The molecule has 0 N–H and O–H groups in total. The molecule has 0 radical (unpaired) electrons. The van der Waals surface area contributed by atoms with E-state index in [9.17, 15) is 4.79 Å². The summed E-state index contributed by atoms with van der Waals surface area (Å²) < 4.78 is 1.01. The third-order valence-electron chi connectivity index (χ3n) is 2.22. The van der Waals surface area contributed by atoms with Crippen molar-refractivity contribution >= 4 is 29.0 Å². The van der Waals surface area contributed by atoms with Crippen LogP contribution in [0.3, 0.4) is 0 Å². The number of likely N-dealkylation sites (tertiary alicyclic amines) is 1. The van der Waals surface area contributed by atoms with Gasteiger partial charge in [0.25, 0.3) is 0 Å². The lowest BCUT2D eigenvalue weighted by molar-refractivity contribution is -0.126. The Kier molecular flexibility index (Phi) is 2.78. The number of aryl methyl sites for hydroxylation is 1. The van der Waals surface area contributed by atoms with E-state index in [1.165, 1.54) is 0 Å².